The van der Waals surface area contributed by atoms with Gasteiger partial charge in [0.05, 0.1) is 6.61 Å². The molecule has 0 aliphatic carbocycles. The Kier molecular flexibility index (Phi) is 4.07. The van der Waals surface area contributed by atoms with Crippen molar-refractivity contribution in [2.24, 2.45) is 0 Å². The molecule has 4 nitrogen and oxygen atoms in total. The summed E-state index contributed by atoms with van der Waals surface area (Å²) in [6, 6.07) is 6.38. The summed E-state index contributed by atoms with van der Waals surface area (Å²) in [5.41, 5.74) is 3.80. The Labute approximate surface area is 108 Å². The van der Waals surface area contributed by atoms with E-state index in [-0.39, 0.29) is 6.09 Å². The third kappa shape index (κ3) is 2.94. The van der Waals surface area contributed by atoms with Gasteiger partial charge in [0.2, 0.25) is 0 Å². The van der Waals surface area contributed by atoms with E-state index in [1.807, 2.05) is 0 Å². The third-order valence-corrected chi connectivity index (χ3v) is 3.21. The predicted molar refractivity (Wildman–Crippen MR) is 71.9 cm³/mol. The summed E-state index contributed by atoms with van der Waals surface area (Å²) in [7, 11) is 2.12. The van der Waals surface area contributed by atoms with E-state index in [0.29, 0.717) is 13.2 Å². The van der Waals surface area contributed by atoms with E-state index in [9.17, 15) is 4.79 Å². The molecule has 1 aromatic carbocycles. The van der Waals surface area contributed by atoms with Gasteiger partial charge in [-0.25, -0.2) is 4.79 Å². The Morgan fingerprint density at radius 1 is 1.50 bits per heavy atom. The van der Waals surface area contributed by atoms with Crippen molar-refractivity contribution >= 4 is 11.8 Å². The number of aryl methyl sites for hydroxylation is 1. The van der Waals surface area contributed by atoms with Gasteiger partial charge < -0.3 is 15.0 Å². The molecule has 1 aliphatic rings. The van der Waals surface area contributed by atoms with Crippen LogP contribution in [0.3, 0.4) is 0 Å². The van der Waals surface area contributed by atoms with Crippen molar-refractivity contribution in [3.8, 4) is 0 Å². The summed E-state index contributed by atoms with van der Waals surface area (Å²) in [6.07, 6.45) is 1.96. The van der Waals surface area contributed by atoms with Gasteiger partial charge in [0, 0.05) is 25.8 Å². The molecule has 0 saturated heterocycles. The fraction of sp³-hybridized carbons (Fsp3) is 0.500. The first kappa shape index (κ1) is 12.7. The summed E-state index contributed by atoms with van der Waals surface area (Å²) in [6.45, 7) is 3.85. The first-order chi connectivity index (χ1) is 8.70. The van der Waals surface area contributed by atoms with Gasteiger partial charge in [-0.15, -0.1) is 0 Å². The average molecular weight is 248 g/mol. The highest BCUT2D eigenvalue weighted by molar-refractivity contribution is 5.67. The van der Waals surface area contributed by atoms with Crippen molar-refractivity contribution in [3.63, 3.8) is 0 Å². The largest absolute Gasteiger partial charge is 0.450 e. The first-order valence-corrected chi connectivity index (χ1v) is 6.44. The van der Waals surface area contributed by atoms with Gasteiger partial charge in [0.25, 0.3) is 0 Å². The summed E-state index contributed by atoms with van der Waals surface area (Å²) < 4.78 is 4.84. The highest BCUT2D eigenvalue weighted by atomic mass is 16.5. The van der Waals surface area contributed by atoms with Gasteiger partial charge in [-0.05, 0) is 37.0 Å². The van der Waals surface area contributed by atoms with E-state index in [1.165, 1.54) is 17.7 Å². The van der Waals surface area contributed by atoms with Crippen LogP contribution in [0.5, 0.6) is 0 Å². The summed E-state index contributed by atoms with van der Waals surface area (Å²) in [4.78, 5) is 13.5. The average Bonchev–Trinajstić information content (AvgIpc) is 2.37. The third-order valence-electron chi connectivity index (χ3n) is 3.21. The zero-order chi connectivity index (χ0) is 13.0. The maximum Gasteiger partial charge on any atom is 0.407 e. The fourth-order valence-corrected chi connectivity index (χ4v) is 2.30. The van der Waals surface area contributed by atoms with Gasteiger partial charge in [-0.2, -0.15) is 0 Å². The minimum atomic E-state index is -0.354. The molecule has 18 heavy (non-hydrogen) atoms. The smallest absolute Gasteiger partial charge is 0.407 e. The molecule has 1 N–H and O–H groups in total. The number of benzene rings is 1. The van der Waals surface area contributed by atoms with E-state index in [2.05, 4.69) is 35.5 Å². The lowest BCUT2D eigenvalue weighted by molar-refractivity contribution is 0.151. The molecule has 0 saturated carbocycles. The molecule has 0 spiro atoms. The van der Waals surface area contributed by atoms with E-state index in [4.69, 9.17) is 4.74 Å². The quantitative estimate of drug-likeness (QED) is 0.892. The van der Waals surface area contributed by atoms with Crippen LogP contribution in [-0.2, 0) is 17.7 Å². The molecular formula is C14H20N2O2. The molecule has 4 heteroatoms. The number of alkyl carbamates (subject to hydrolysis) is 1. The van der Waals surface area contributed by atoms with Crippen molar-refractivity contribution in [1.82, 2.24) is 5.32 Å². The first-order valence-electron chi connectivity index (χ1n) is 6.44. The number of ether oxygens (including phenoxy) is 1. The zero-order valence-corrected chi connectivity index (χ0v) is 11.0. The number of amides is 1. The van der Waals surface area contributed by atoms with Crippen LogP contribution in [0.2, 0.25) is 0 Å². The number of carbonyl (C=O) groups excluding carboxylic acids is 1. The number of anilines is 1. The highest BCUT2D eigenvalue weighted by Gasteiger charge is 2.13. The Balaban J connectivity index is 2.00. The molecule has 1 aliphatic heterocycles. The van der Waals surface area contributed by atoms with Crippen molar-refractivity contribution in [2.75, 3.05) is 25.1 Å². The van der Waals surface area contributed by atoms with Crippen LogP contribution >= 0.6 is 0 Å². The number of rotatable bonds is 3. The Hall–Kier alpha value is -1.71. The normalized spacial score (nSPS) is 14.0. The van der Waals surface area contributed by atoms with Gasteiger partial charge in [0.1, 0.15) is 0 Å². The van der Waals surface area contributed by atoms with Crippen molar-refractivity contribution in [2.45, 2.75) is 26.3 Å². The van der Waals surface area contributed by atoms with Crippen LogP contribution in [0.1, 0.15) is 24.5 Å². The molecule has 0 atom stereocenters. The molecule has 0 aromatic heterocycles. The van der Waals surface area contributed by atoms with Gasteiger partial charge in [-0.3, -0.25) is 0 Å². The molecule has 0 radical (unpaired) electrons. The van der Waals surface area contributed by atoms with Crippen LogP contribution in [-0.4, -0.2) is 26.3 Å². The predicted octanol–water partition coefficient (Wildman–Crippen LogP) is 2.32. The van der Waals surface area contributed by atoms with Gasteiger partial charge >= 0.3 is 6.09 Å². The van der Waals surface area contributed by atoms with Crippen molar-refractivity contribution < 1.29 is 9.53 Å². The zero-order valence-electron chi connectivity index (χ0n) is 11.0. The maximum absolute atomic E-state index is 11.2. The molecule has 2 rings (SSSR count). The second kappa shape index (κ2) is 5.76. The summed E-state index contributed by atoms with van der Waals surface area (Å²) in [5.74, 6) is 0. The van der Waals surface area contributed by atoms with E-state index in [1.54, 1.807) is 6.92 Å². The SMILES string of the molecule is CCOC(=O)NCc1ccc2c(c1)CCCN2C. The highest BCUT2D eigenvalue weighted by Crippen LogP contribution is 2.26. The number of nitrogens with zero attached hydrogens (tertiary/aromatic N) is 1. The number of carbonyl (C=O) groups is 1. The van der Waals surface area contributed by atoms with Crippen molar-refractivity contribution in [1.29, 1.82) is 0 Å². The lowest BCUT2D eigenvalue weighted by Gasteiger charge is -2.27. The summed E-state index contributed by atoms with van der Waals surface area (Å²) >= 11 is 0. The van der Waals surface area contributed by atoms with Crippen molar-refractivity contribution in [3.05, 3.63) is 29.3 Å². The Morgan fingerprint density at radius 3 is 3.11 bits per heavy atom. The lowest BCUT2D eigenvalue weighted by Crippen LogP contribution is -2.26. The molecule has 0 bridgehead atoms. The number of hydrogen-bond donors (Lipinski definition) is 1. The van der Waals surface area contributed by atoms with Gasteiger partial charge in [-0.1, -0.05) is 12.1 Å². The molecule has 1 amide bonds. The van der Waals surface area contributed by atoms with Crippen LogP contribution in [0, 0.1) is 0 Å². The second-order valence-corrected chi connectivity index (χ2v) is 4.56. The van der Waals surface area contributed by atoms with Crippen LogP contribution < -0.4 is 10.2 Å². The molecule has 98 valence electrons. The molecule has 1 aromatic rings. The Morgan fingerprint density at radius 2 is 2.33 bits per heavy atom. The van der Waals surface area contributed by atoms with Crippen LogP contribution in [0.15, 0.2) is 18.2 Å². The van der Waals surface area contributed by atoms with E-state index in [0.717, 1.165) is 18.5 Å². The summed E-state index contributed by atoms with van der Waals surface area (Å²) in [5, 5.41) is 2.74. The molecular weight excluding hydrogens is 228 g/mol. The maximum atomic E-state index is 11.2. The second-order valence-electron chi connectivity index (χ2n) is 4.56. The van der Waals surface area contributed by atoms with E-state index >= 15 is 0 Å². The monoisotopic (exact) mass is 248 g/mol. The molecule has 0 fully saturated rings. The molecule has 1 heterocycles. The van der Waals surface area contributed by atoms with Crippen LogP contribution in [0.25, 0.3) is 0 Å². The Bertz CT molecular complexity index is 432. The van der Waals surface area contributed by atoms with Crippen LogP contribution in [0.4, 0.5) is 10.5 Å². The van der Waals surface area contributed by atoms with E-state index < -0.39 is 0 Å². The lowest BCUT2D eigenvalue weighted by atomic mass is 10.00. The number of nitrogens with one attached hydrogen (secondary N) is 1. The minimum absolute atomic E-state index is 0.354. The van der Waals surface area contributed by atoms with Gasteiger partial charge in [0.15, 0.2) is 0 Å². The fourth-order valence-electron chi connectivity index (χ4n) is 2.30. The number of fused-ring (bicyclic) bond motifs is 1. The minimum Gasteiger partial charge on any atom is -0.450 e. The topological polar surface area (TPSA) is 41.6 Å². The molecule has 0 unspecified atom stereocenters. The number of hydrogen-bond acceptors (Lipinski definition) is 3. The standard InChI is InChI=1S/C14H20N2O2/c1-3-18-14(17)15-10-11-6-7-13-12(9-11)5-4-8-16(13)2/h6-7,9H,3-5,8,10H2,1-2H3,(H,15,17).